The standard InChI is InChI=1S/C21H22ClN3O3S/c1-14-5-3-6-15(2)25(14)21(26)19-12-17(22)9-10-20(19)24-29(27,28)18-8-4-7-16(11-18)13-23/h4,7-12,14-15,24H,3,5-6H2,1-2H3/t14-,15+. The van der Waals surface area contributed by atoms with Gasteiger partial charge >= 0.3 is 0 Å². The van der Waals surface area contributed by atoms with Crippen molar-refractivity contribution in [1.29, 1.82) is 5.26 Å². The fraction of sp³-hybridized carbons (Fsp3) is 0.333. The van der Waals surface area contributed by atoms with E-state index in [-0.39, 0.29) is 39.7 Å². The monoisotopic (exact) mass is 431 g/mol. The van der Waals surface area contributed by atoms with Crippen LogP contribution in [-0.4, -0.2) is 31.3 Å². The highest BCUT2D eigenvalue weighted by atomic mass is 35.5. The number of piperidine rings is 1. The lowest BCUT2D eigenvalue weighted by atomic mass is 9.96. The summed E-state index contributed by atoms with van der Waals surface area (Å²) in [5, 5.41) is 9.38. The molecule has 1 amide bonds. The Bertz CT molecular complexity index is 1070. The maximum atomic E-state index is 13.3. The van der Waals surface area contributed by atoms with E-state index in [0.717, 1.165) is 19.3 Å². The molecule has 0 spiro atoms. The second-order valence-electron chi connectivity index (χ2n) is 7.28. The molecule has 1 fully saturated rings. The van der Waals surface area contributed by atoms with E-state index >= 15 is 0 Å². The predicted molar refractivity (Wildman–Crippen MR) is 112 cm³/mol. The van der Waals surface area contributed by atoms with Gasteiger partial charge in [-0.2, -0.15) is 5.26 Å². The van der Waals surface area contributed by atoms with E-state index in [1.54, 1.807) is 4.90 Å². The smallest absolute Gasteiger partial charge is 0.261 e. The number of hydrogen-bond donors (Lipinski definition) is 1. The van der Waals surface area contributed by atoms with Gasteiger partial charge in [-0.1, -0.05) is 17.7 Å². The summed E-state index contributed by atoms with van der Waals surface area (Å²) < 4.78 is 28.2. The van der Waals surface area contributed by atoms with Crippen LogP contribution in [-0.2, 0) is 10.0 Å². The third-order valence-corrected chi connectivity index (χ3v) is 6.76. The largest absolute Gasteiger partial charge is 0.333 e. The van der Waals surface area contributed by atoms with Crippen molar-refractivity contribution < 1.29 is 13.2 Å². The molecular weight excluding hydrogens is 410 g/mol. The first-order valence-corrected chi connectivity index (χ1v) is 11.2. The first-order valence-electron chi connectivity index (χ1n) is 9.38. The first kappa shape index (κ1) is 21.2. The van der Waals surface area contributed by atoms with Gasteiger partial charge in [0.1, 0.15) is 0 Å². The second kappa shape index (κ2) is 8.44. The fourth-order valence-electron chi connectivity index (χ4n) is 3.68. The number of nitrogens with one attached hydrogen (secondary N) is 1. The highest BCUT2D eigenvalue weighted by molar-refractivity contribution is 7.92. The Labute approximate surface area is 176 Å². The van der Waals surface area contributed by atoms with Gasteiger partial charge in [0.15, 0.2) is 0 Å². The van der Waals surface area contributed by atoms with Crippen molar-refractivity contribution in [3.8, 4) is 6.07 Å². The average Bonchev–Trinajstić information content (AvgIpc) is 2.69. The summed E-state index contributed by atoms with van der Waals surface area (Å²) in [7, 11) is -3.99. The van der Waals surface area contributed by atoms with Crippen LogP contribution in [0.3, 0.4) is 0 Å². The topological polar surface area (TPSA) is 90.3 Å². The Kier molecular flexibility index (Phi) is 6.15. The van der Waals surface area contributed by atoms with E-state index < -0.39 is 10.0 Å². The Morgan fingerprint density at radius 1 is 1.17 bits per heavy atom. The van der Waals surface area contributed by atoms with Gasteiger partial charge in [-0.25, -0.2) is 8.42 Å². The molecule has 0 saturated carbocycles. The Morgan fingerprint density at radius 2 is 1.86 bits per heavy atom. The number of hydrogen-bond acceptors (Lipinski definition) is 4. The van der Waals surface area contributed by atoms with Gasteiger partial charge in [0.2, 0.25) is 0 Å². The normalized spacial score (nSPS) is 19.4. The molecule has 1 aliphatic heterocycles. The number of nitriles is 1. The Morgan fingerprint density at radius 3 is 2.52 bits per heavy atom. The first-order chi connectivity index (χ1) is 13.7. The quantitative estimate of drug-likeness (QED) is 0.775. The minimum atomic E-state index is -3.99. The van der Waals surface area contributed by atoms with Crippen molar-refractivity contribution in [2.24, 2.45) is 0 Å². The second-order valence-corrected chi connectivity index (χ2v) is 9.40. The van der Waals surface area contributed by atoms with Crippen LogP contribution in [0.4, 0.5) is 5.69 Å². The molecular formula is C21H22ClN3O3S. The lowest BCUT2D eigenvalue weighted by molar-refractivity contribution is 0.0512. The van der Waals surface area contributed by atoms with E-state index in [1.165, 1.54) is 42.5 Å². The van der Waals surface area contributed by atoms with E-state index in [2.05, 4.69) is 4.72 Å². The van der Waals surface area contributed by atoms with Crippen LogP contribution in [0.15, 0.2) is 47.4 Å². The van der Waals surface area contributed by atoms with Crippen molar-refractivity contribution in [2.45, 2.75) is 50.1 Å². The Hall–Kier alpha value is -2.56. The number of likely N-dealkylation sites (tertiary alicyclic amines) is 1. The molecule has 3 rings (SSSR count). The number of carbonyl (C=O) groups excluding carboxylic acids is 1. The Balaban J connectivity index is 1.99. The highest BCUT2D eigenvalue weighted by Crippen LogP contribution is 2.30. The van der Waals surface area contributed by atoms with Gasteiger partial charge in [-0.3, -0.25) is 9.52 Å². The minimum absolute atomic E-state index is 0.0513. The summed E-state index contributed by atoms with van der Waals surface area (Å²) in [4.78, 5) is 15.0. The molecule has 0 aromatic heterocycles. The van der Waals surface area contributed by atoms with Gasteiger partial charge in [-0.05, 0) is 69.5 Å². The maximum absolute atomic E-state index is 13.3. The number of amides is 1. The SMILES string of the molecule is C[C@@H]1CCC[C@H](C)N1C(=O)c1cc(Cl)ccc1NS(=O)(=O)c1cccc(C#N)c1. The molecule has 1 heterocycles. The van der Waals surface area contributed by atoms with Gasteiger partial charge in [0.05, 0.1) is 27.8 Å². The summed E-state index contributed by atoms with van der Waals surface area (Å²) in [6.45, 7) is 3.99. The summed E-state index contributed by atoms with van der Waals surface area (Å²) in [6.07, 6.45) is 2.85. The van der Waals surface area contributed by atoms with Gasteiger partial charge in [0.25, 0.3) is 15.9 Å². The summed E-state index contributed by atoms with van der Waals surface area (Å²) in [5.74, 6) is -0.254. The van der Waals surface area contributed by atoms with Gasteiger partial charge in [0, 0.05) is 17.1 Å². The molecule has 0 aliphatic carbocycles. The zero-order valence-electron chi connectivity index (χ0n) is 16.2. The average molecular weight is 432 g/mol. The number of carbonyl (C=O) groups is 1. The molecule has 2 atom stereocenters. The number of sulfonamides is 1. The van der Waals surface area contributed by atoms with Crippen LogP contribution >= 0.6 is 11.6 Å². The molecule has 1 aliphatic rings. The maximum Gasteiger partial charge on any atom is 0.261 e. The molecule has 0 unspecified atom stereocenters. The summed E-state index contributed by atoms with van der Waals surface area (Å²) in [5.41, 5.74) is 0.598. The van der Waals surface area contributed by atoms with Crippen molar-refractivity contribution in [2.75, 3.05) is 4.72 Å². The molecule has 8 heteroatoms. The van der Waals surface area contributed by atoms with Crippen LogP contribution in [0.2, 0.25) is 5.02 Å². The summed E-state index contributed by atoms with van der Waals surface area (Å²) >= 11 is 6.12. The molecule has 152 valence electrons. The van der Waals surface area contributed by atoms with Crippen LogP contribution in [0.25, 0.3) is 0 Å². The van der Waals surface area contributed by atoms with E-state index in [9.17, 15) is 13.2 Å². The zero-order valence-corrected chi connectivity index (χ0v) is 17.8. The van der Waals surface area contributed by atoms with Crippen molar-refractivity contribution >= 4 is 33.2 Å². The van der Waals surface area contributed by atoms with Crippen LogP contribution in [0, 0.1) is 11.3 Å². The van der Waals surface area contributed by atoms with E-state index in [1.807, 2.05) is 19.9 Å². The number of anilines is 1. The molecule has 29 heavy (non-hydrogen) atoms. The number of halogens is 1. The van der Waals surface area contributed by atoms with E-state index in [4.69, 9.17) is 16.9 Å². The third-order valence-electron chi connectivity index (χ3n) is 5.16. The van der Waals surface area contributed by atoms with Crippen LogP contribution in [0.1, 0.15) is 49.0 Å². The van der Waals surface area contributed by atoms with Crippen LogP contribution < -0.4 is 4.72 Å². The van der Waals surface area contributed by atoms with Crippen molar-refractivity contribution in [1.82, 2.24) is 4.90 Å². The molecule has 2 aromatic rings. The molecule has 0 bridgehead atoms. The zero-order chi connectivity index (χ0) is 21.2. The lowest BCUT2D eigenvalue weighted by Crippen LogP contribution is -2.47. The number of nitrogens with zero attached hydrogens (tertiary/aromatic N) is 2. The molecule has 1 N–H and O–H groups in total. The van der Waals surface area contributed by atoms with Crippen LogP contribution in [0.5, 0.6) is 0 Å². The van der Waals surface area contributed by atoms with Crippen molar-refractivity contribution in [3.05, 3.63) is 58.6 Å². The van der Waals surface area contributed by atoms with E-state index in [0.29, 0.717) is 5.02 Å². The lowest BCUT2D eigenvalue weighted by Gasteiger charge is -2.39. The molecule has 6 nitrogen and oxygen atoms in total. The van der Waals surface area contributed by atoms with Gasteiger partial charge < -0.3 is 4.90 Å². The predicted octanol–water partition coefficient (Wildman–Crippen LogP) is 4.42. The molecule has 1 saturated heterocycles. The highest BCUT2D eigenvalue weighted by Gasteiger charge is 2.31. The fourth-order valence-corrected chi connectivity index (χ4v) is 4.98. The summed E-state index contributed by atoms with van der Waals surface area (Å²) in [6, 6.07) is 12.3. The minimum Gasteiger partial charge on any atom is -0.333 e. The van der Waals surface area contributed by atoms with Crippen molar-refractivity contribution in [3.63, 3.8) is 0 Å². The third kappa shape index (κ3) is 4.55. The number of rotatable bonds is 4. The molecule has 0 radical (unpaired) electrons. The van der Waals surface area contributed by atoms with Gasteiger partial charge in [-0.15, -0.1) is 0 Å². The number of benzene rings is 2. The molecule has 2 aromatic carbocycles.